The molecule has 2 N–H and O–H groups in total. The van der Waals surface area contributed by atoms with Crippen molar-refractivity contribution in [3.63, 3.8) is 0 Å². The van der Waals surface area contributed by atoms with Gasteiger partial charge in [0.15, 0.2) is 0 Å². The quantitative estimate of drug-likeness (QED) is 0.579. The molecule has 1 rings (SSSR count). The smallest absolute Gasteiger partial charge is 0.217 e. The first kappa shape index (κ1) is 14.2. The fourth-order valence-electron chi connectivity index (χ4n) is 1.83. The van der Waals surface area contributed by atoms with Gasteiger partial charge in [-0.25, -0.2) is 0 Å². The molecule has 1 aromatic carbocycles. The van der Waals surface area contributed by atoms with E-state index in [1.165, 1.54) is 16.7 Å². The zero-order valence-corrected chi connectivity index (χ0v) is 11.0. The third-order valence-electron chi connectivity index (χ3n) is 2.89. The van der Waals surface area contributed by atoms with Crippen LogP contribution in [-0.4, -0.2) is 5.91 Å². The zero-order valence-electron chi connectivity index (χ0n) is 11.0. The lowest BCUT2D eigenvalue weighted by Gasteiger charge is -2.05. The SMILES string of the molecule is C=C/C=C\c1cc(CCCCC(N)=O)ccc1C. The van der Waals surface area contributed by atoms with Gasteiger partial charge >= 0.3 is 0 Å². The number of carbonyl (C=O) groups excluding carboxylic acids is 1. The van der Waals surface area contributed by atoms with Gasteiger partial charge in [0.2, 0.25) is 5.91 Å². The number of rotatable bonds is 7. The van der Waals surface area contributed by atoms with Crippen LogP contribution in [0, 0.1) is 6.92 Å². The number of aryl methyl sites for hydroxylation is 2. The number of amides is 1. The molecule has 0 saturated heterocycles. The molecule has 0 spiro atoms. The predicted octanol–water partition coefficient (Wildman–Crippen LogP) is 3.39. The summed E-state index contributed by atoms with van der Waals surface area (Å²) in [5, 5.41) is 0. The first-order chi connectivity index (χ1) is 8.63. The van der Waals surface area contributed by atoms with Crippen molar-refractivity contribution in [3.05, 3.63) is 53.6 Å². The molecule has 0 fully saturated rings. The van der Waals surface area contributed by atoms with Crippen molar-refractivity contribution in [1.82, 2.24) is 0 Å². The van der Waals surface area contributed by atoms with Gasteiger partial charge in [-0.05, 0) is 42.9 Å². The second-order valence-corrected chi connectivity index (χ2v) is 4.46. The molecule has 0 aliphatic carbocycles. The van der Waals surface area contributed by atoms with Crippen molar-refractivity contribution in [2.75, 3.05) is 0 Å². The summed E-state index contributed by atoms with van der Waals surface area (Å²) in [6.07, 6.45) is 9.11. The number of benzene rings is 1. The lowest BCUT2D eigenvalue weighted by molar-refractivity contribution is -0.118. The molecule has 96 valence electrons. The van der Waals surface area contributed by atoms with E-state index in [0.717, 1.165) is 19.3 Å². The Labute approximate surface area is 109 Å². The molecular weight excluding hydrogens is 222 g/mol. The zero-order chi connectivity index (χ0) is 13.4. The summed E-state index contributed by atoms with van der Waals surface area (Å²) < 4.78 is 0. The van der Waals surface area contributed by atoms with Gasteiger partial charge in [0.1, 0.15) is 0 Å². The van der Waals surface area contributed by atoms with Gasteiger partial charge in [0, 0.05) is 6.42 Å². The molecule has 0 aliphatic rings. The van der Waals surface area contributed by atoms with Crippen molar-refractivity contribution in [1.29, 1.82) is 0 Å². The van der Waals surface area contributed by atoms with Crippen LogP contribution in [0.2, 0.25) is 0 Å². The summed E-state index contributed by atoms with van der Waals surface area (Å²) in [5.74, 6) is -0.214. The highest BCUT2D eigenvalue weighted by Gasteiger charge is 1.99. The van der Waals surface area contributed by atoms with Crippen molar-refractivity contribution in [3.8, 4) is 0 Å². The van der Waals surface area contributed by atoms with Gasteiger partial charge in [-0.2, -0.15) is 0 Å². The number of primary amides is 1. The summed E-state index contributed by atoms with van der Waals surface area (Å²) in [6.45, 7) is 5.77. The lowest BCUT2D eigenvalue weighted by Crippen LogP contribution is -2.09. The standard InChI is InChI=1S/C16H21NO/c1-3-4-8-15-12-14(11-10-13(15)2)7-5-6-9-16(17)18/h3-4,8,10-12H,1,5-7,9H2,2H3,(H2,17,18)/b8-4-. The molecule has 18 heavy (non-hydrogen) atoms. The van der Waals surface area contributed by atoms with E-state index < -0.39 is 0 Å². The Morgan fingerprint density at radius 2 is 2.17 bits per heavy atom. The number of hydrogen-bond donors (Lipinski definition) is 1. The molecule has 0 saturated carbocycles. The van der Waals surface area contributed by atoms with Gasteiger partial charge in [0.25, 0.3) is 0 Å². The Morgan fingerprint density at radius 1 is 1.39 bits per heavy atom. The maximum atomic E-state index is 10.6. The summed E-state index contributed by atoms with van der Waals surface area (Å²) in [6, 6.07) is 6.47. The van der Waals surface area contributed by atoms with Gasteiger partial charge in [-0.3, -0.25) is 4.79 Å². The van der Waals surface area contributed by atoms with E-state index in [4.69, 9.17) is 5.73 Å². The van der Waals surface area contributed by atoms with Crippen LogP contribution in [0.15, 0.2) is 36.9 Å². The fraction of sp³-hybridized carbons (Fsp3) is 0.312. The number of unbranched alkanes of at least 4 members (excludes halogenated alkanes) is 1. The van der Waals surface area contributed by atoms with E-state index in [-0.39, 0.29) is 5.91 Å². The van der Waals surface area contributed by atoms with Crippen LogP contribution >= 0.6 is 0 Å². The lowest BCUT2D eigenvalue weighted by atomic mass is 10.0. The third kappa shape index (κ3) is 5.00. The van der Waals surface area contributed by atoms with Crippen LogP contribution in [0.1, 0.15) is 36.0 Å². The van der Waals surface area contributed by atoms with E-state index in [1.54, 1.807) is 6.08 Å². The fourth-order valence-corrected chi connectivity index (χ4v) is 1.83. The second kappa shape index (κ2) is 7.49. The molecule has 0 unspecified atom stereocenters. The molecule has 1 amide bonds. The molecule has 0 aliphatic heterocycles. The summed E-state index contributed by atoms with van der Waals surface area (Å²) >= 11 is 0. The van der Waals surface area contributed by atoms with E-state index in [2.05, 4.69) is 37.8 Å². The Bertz CT molecular complexity index is 446. The van der Waals surface area contributed by atoms with Crippen LogP contribution in [0.5, 0.6) is 0 Å². The molecule has 1 aromatic rings. The van der Waals surface area contributed by atoms with Crippen LogP contribution in [-0.2, 0) is 11.2 Å². The summed E-state index contributed by atoms with van der Waals surface area (Å²) in [4.78, 5) is 10.6. The van der Waals surface area contributed by atoms with E-state index >= 15 is 0 Å². The molecule has 2 heteroatoms. The molecule has 0 heterocycles. The highest BCUT2D eigenvalue weighted by Crippen LogP contribution is 2.15. The molecule has 0 bridgehead atoms. The van der Waals surface area contributed by atoms with E-state index in [0.29, 0.717) is 6.42 Å². The van der Waals surface area contributed by atoms with Gasteiger partial charge in [0.05, 0.1) is 0 Å². The molecule has 2 nitrogen and oxygen atoms in total. The normalized spacial score (nSPS) is 10.7. The summed E-state index contributed by atoms with van der Waals surface area (Å²) in [5.41, 5.74) is 8.90. The minimum atomic E-state index is -0.214. The van der Waals surface area contributed by atoms with Crippen molar-refractivity contribution < 1.29 is 4.79 Å². The summed E-state index contributed by atoms with van der Waals surface area (Å²) in [7, 11) is 0. The van der Waals surface area contributed by atoms with Crippen molar-refractivity contribution in [2.45, 2.75) is 32.6 Å². The topological polar surface area (TPSA) is 43.1 Å². The van der Waals surface area contributed by atoms with E-state index in [9.17, 15) is 4.79 Å². The number of hydrogen-bond acceptors (Lipinski definition) is 1. The average Bonchev–Trinajstić information content (AvgIpc) is 2.34. The van der Waals surface area contributed by atoms with Crippen LogP contribution in [0.3, 0.4) is 0 Å². The average molecular weight is 243 g/mol. The van der Waals surface area contributed by atoms with Crippen molar-refractivity contribution >= 4 is 12.0 Å². The number of allylic oxidation sites excluding steroid dienone is 2. The van der Waals surface area contributed by atoms with Crippen molar-refractivity contribution in [2.24, 2.45) is 5.73 Å². The maximum absolute atomic E-state index is 10.6. The van der Waals surface area contributed by atoms with Crippen LogP contribution in [0.4, 0.5) is 0 Å². The highest BCUT2D eigenvalue weighted by atomic mass is 16.1. The first-order valence-corrected chi connectivity index (χ1v) is 6.30. The Morgan fingerprint density at radius 3 is 2.83 bits per heavy atom. The van der Waals surface area contributed by atoms with Crippen LogP contribution < -0.4 is 5.73 Å². The molecular formula is C16H21NO. The van der Waals surface area contributed by atoms with Crippen LogP contribution in [0.25, 0.3) is 6.08 Å². The molecule has 0 radical (unpaired) electrons. The largest absolute Gasteiger partial charge is 0.370 e. The minimum absolute atomic E-state index is 0.214. The molecule has 0 atom stereocenters. The van der Waals surface area contributed by atoms with E-state index in [1.807, 2.05) is 6.08 Å². The predicted molar refractivity (Wildman–Crippen MR) is 77.2 cm³/mol. The number of carbonyl (C=O) groups is 1. The first-order valence-electron chi connectivity index (χ1n) is 6.30. The second-order valence-electron chi connectivity index (χ2n) is 4.46. The Balaban J connectivity index is 2.58. The third-order valence-corrected chi connectivity index (χ3v) is 2.89. The van der Waals surface area contributed by atoms with Gasteiger partial charge in [-0.15, -0.1) is 0 Å². The maximum Gasteiger partial charge on any atom is 0.217 e. The highest BCUT2D eigenvalue weighted by molar-refractivity contribution is 5.73. The minimum Gasteiger partial charge on any atom is -0.370 e. The van der Waals surface area contributed by atoms with Gasteiger partial charge in [-0.1, -0.05) is 43.0 Å². The molecule has 0 aromatic heterocycles. The monoisotopic (exact) mass is 243 g/mol. The van der Waals surface area contributed by atoms with Gasteiger partial charge < -0.3 is 5.73 Å². The number of nitrogens with two attached hydrogens (primary N) is 1. The Kier molecular flexibility index (Phi) is 5.92. The Hall–Kier alpha value is -1.83.